The summed E-state index contributed by atoms with van der Waals surface area (Å²) in [5, 5.41) is 12.1. The predicted octanol–water partition coefficient (Wildman–Crippen LogP) is 1.92. The molecule has 0 saturated heterocycles. The molecule has 0 aliphatic heterocycles. The summed E-state index contributed by atoms with van der Waals surface area (Å²) < 4.78 is 5.11. The molecule has 4 heteroatoms. The lowest BCUT2D eigenvalue weighted by Gasteiger charge is -2.27. The number of alkyl carbamates (subject to hydrolysis) is 1. The highest BCUT2D eigenvalue weighted by molar-refractivity contribution is 5.68. The Morgan fingerprint density at radius 1 is 1.27 bits per heavy atom. The maximum Gasteiger partial charge on any atom is 0.407 e. The number of rotatable bonds is 3. The molecule has 4 nitrogen and oxygen atoms in total. The van der Waals surface area contributed by atoms with Gasteiger partial charge in [0.05, 0.1) is 12.1 Å². The van der Waals surface area contributed by atoms with Crippen molar-refractivity contribution in [2.75, 3.05) is 0 Å². The molecule has 1 unspecified atom stereocenters. The van der Waals surface area contributed by atoms with E-state index in [1.165, 1.54) is 0 Å². The Morgan fingerprint density at radius 2 is 1.73 bits per heavy atom. The zero-order valence-corrected chi connectivity index (χ0v) is 10.5. The van der Waals surface area contributed by atoms with Crippen molar-refractivity contribution in [2.24, 2.45) is 5.92 Å². The number of hydrogen-bond donors (Lipinski definition) is 2. The molecular formula is C11H23NO3. The van der Waals surface area contributed by atoms with Gasteiger partial charge in [-0.15, -0.1) is 0 Å². The van der Waals surface area contributed by atoms with Gasteiger partial charge in [-0.1, -0.05) is 13.8 Å². The molecule has 0 heterocycles. The Balaban J connectivity index is 4.25. The number of amides is 1. The number of aliphatic hydroxyl groups is 1. The summed E-state index contributed by atoms with van der Waals surface area (Å²) in [6, 6.07) is -0.278. The van der Waals surface area contributed by atoms with Crippen molar-refractivity contribution in [1.29, 1.82) is 0 Å². The lowest BCUT2D eigenvalue weighted by atomic mass is 10.00. The topological polar surface area (TPSA) is 58.6 Å². The average Bonchev–Trinajstić information content (AvgIpc) is 1.95. The first-order valence-corrected chi connectivity index (χ1v) is 5.31. The van der Waals surface area contributed by atoms with Crippen LogP contribution in [0.25, 0.3) is 0 Å². The normalized spacial score (nSPS) is 16.0. The van der Waals surface area contributed by atoms with E-state index in [1.807, 2.05) is 13.8 Å². The van der Waals surface area contributed by atoms with E-state index in [0.717, 1.165) is 0 Å². The third kappa shape index (κ3) is 6.33. The minimum absolute atomic E-state index is 0.164. The van der Waals surface area contributed by atoms with E-state index >= 15 is 0 Å². The van der Waals surface area contributed by atoms with Crippen LogP contribution in [0.1, 0.15) is 41.5 Å². The van der Waals surface area contributed by atoms with Crippen molar-refractivity contribution < 1.29 is 14.6 Å². The zero-order valence-electron chi connectivity index (χ0n) is 10.5. The molecule has 0 spiro atoms. The van der Waals surface area contributed by atoms with Gasteiger partial charge in [0.25, 0.3) is 0 Å². The van der Waals surface area contributed by atoms with E-state index in [2.05, 4.69) is 5.32 Å². The first-order chi connectivity index (χ1) is 6.63. The number of ether oxygens (including phenoxy) is 1. The van der Waals surface area contributed by atoms with Gasteiger partial charge in [-0.25, -0.2) is 4.79 Å². The van der Waals surface area contributed by atoms with Gasteiger partial charge in [0.15, 0.2) is 0 Å². The standard InChI is InChI=1S/C11H23NO3/c1-7(2)9(8(3)13)12-10(14)15-11(4,5)6/h7-9,13H,1-6H3,(H,12,14)/t8?,9-/m1/s1. The van der Waals surface area contributed by atoms with Gasteiger partial charge in [0.2, 0.25) is 0 Å². The summed E-state index contributed by atoms with van der Waals surface area (Å²) >= 11 is 0. The van der Waals surface area contributed by atoms with Crippen LogP contribution in [0.5, 0.6) is 0 Å². The number of nitrogens with one attached hydrogen (secondary N) is 1. The van der Waals surface area contributed by atoms with Crippen LogP contribution >= 0.6 is 0 Å². The van der Waals surface area contributed by atoms with Gasteiger partial charge in [-0.3, -0.25) is 0 Å². The van der Waals surface area contributed by atoms with Crippen molar-refractivity contribution in [3.05, 3.63) is 0 Å². The predicted molar refractivity (Wildman–Crippen MR) is 59.7 cm³/mol. The first kappa shape index (κ1) is 14.2. The molecule has 1 amide bonds. The van der Waals surface area contributed by atoms with Gasteiger partial charge in [0.1, 0.15) is 5.60 Å². The van der Waals surface area contributed by atoms with Gasteiger partial charge >= 0.3 is 6.09 Å². The summed E-state index contributed by atoms with van der Waals surface area (Å²) in [4.78, 5) is 11.4. The van der Waals surface area contributed by atoms with E-state index < -0.39 is 17.8 Å². The van der Waals surface area contributed by atoms with Crippen LogP contribution in [0.3, 0.4) is 0 Å². The van der Waals surface area contributed by atoms with Crippen LogP contribution in [0.15, 0.2) is 0 Å². The number of carbonyl (C=O) groups is 1. The fourth-order valence-corrected chi connectivity index (χ4v) is 1.29. The Morgan fingerprint density at radius 3 is 2.00 bits per heavy atom. The minimum atomic E-state index is -0.586. The second kappa shape index (κ2) is 5.35. The largest absolute Gasteiger partial charge is 0.444 e. The van der Waals surface area contributed by atoms with Crippen molar-refractivity contribution in [2.45, 2.75) is 59.3 Å². The van der Waals surface area contributed by atoms with Gasteiger partial charge < -0.3 is 15.2 Å². The Kier molecular flexibility index (Phi) is 5.08. The Bertz CT molecular complexity index is 198. The van der Waals surface area contributed by atoms with Crippen LogP contribution in [0, 0.1) is 5.92 Å². The number of hydrogen-bond acceptors (Lipinski definition) is 3. The summed E-state index contributed by atoms with van der Waals surface area (Å²) in [6.07, 6.45) is -1.07. The monoisotopic (exact) mass is 217 g/mol. The summed E-state index contributed by atoms with van der Waals surface area (Å²) in [5.74, 6) is 0.164. The van der Waals surface area contributed by atoms with Crippen molar-refractivity contribution in [1.82, 2.24) is 5.32 Å². The molecule has 90 valence electrons. The lowest BCUT2D eigenvalue weighted by molar-refractivity contribution is 0.0398. The van der Waals surface area contributed by atoms with E-state index in [1.54, 1.807) is 27.7 Å². The molecule has 0 aliphatic carbocycles. The maximum atomic E-state index is 11.4. The molecule has 0 aromatic carbocycles. The molecule has 0 saturated carbocycles. The van der Waals surface area contributed by atoms with Crippen LogP contribution < -0.4 is 5.32 Å². The van der Waals surface area contributed by atoms with Crippen LogP contribution in [-0.2, 0) is 4.74 Å². The fraction of sp³-hybridized carbons (Fsp3) is 0.909. The van der Waals surface area contributed by atoms with Crippen molar-refractivity contribution in [3.8, 4) is 0 Å². The molecule has 0 bridgehead atoms. The minimum Gasteiger partial charge on any atom is -0.444 e. The molecule has 0 rings (SSSR count). The number of carbonyl (C=O) groups excluding carboxylic acids is 1. The zero-order chi connectivity index (χ0) is 12.2. The molecule has 15 heavy (non-hydrogen) atoms. The second-order valence-electron chi connectivity index (χ2n) is 5.16. The highest BCUT2D eigenvalue weighted by Crippen LogP contribution is 2.10. The van der Waals surface area contributed by atoms with Crippen LogP contribution in [-0.4, -0.2) is 28.9 Å². The van der Waals surface area contributed by atoms with E-state index in [-0.39, 0.29) is 12.0 Å². The fourth-order valence-electron chi connectivity index (χ4n) is 1.29. The molecule has 0 aliphatic rings. The van der Waals surface area contributed by atoms with Crippen molar-refractivity contribution >= 4 is 6.09 Å². The second-order valence-corrected chi connectivity index (χ2v) is 5.16. The maximum absolute atomic E-state index is 11.4. The molecule has 0 aromatic rings. The van der Waals surface area contributed by atoms with Gasteiger partial charge in [-0.2, -0.15) is 0 Å². The van der Waals surface area contributed by atoms with Gasteiger partial charge in [-0.05, 0) is 33.6 Å². The Labute approximate surface area is 92.0 Å². The average molecular weight is 217 g/mol. The van der Waals surface area contributed by atoms with E-state index in [9.17, 15) is 9.90 Å². The summed E-state index contributed by atoms with van der Waals surface area (Å²) in [7, 11) is 0. The molecule has 0 fully saturated rings. The molecule has 0 aromatic heterocycles. The van der Waals surface area contributed by atoms with Crippen molar-refractivity contribution in [3.63, 3.8) is 0 Å². The van der Waals surface area contributed by atoms with E-state index in [0.29, 0.717) is 0 Å². The lowest BCUT2D eigenvalue weighted by Crippen LogP contribution is -2.47. The highest BCUT2D eigenvalue weighted by Gasteiger charge is 2.24. The summed E-state index contributed by atoms with van der Waals surface area (Å²) in [6.45, 7) is 10.9. The third-order valence-corrected chi connectivity index (χ3v) is 1.92. The number of aliphatic hydroxyl groups excluding tert-OH is 1. The van der Waals surface area contributed by atoms with Crippen LogP contribution in [0.2, 0.25) is 0 Å². The molecule has 0 radical (unpaired) electrons. The molecule has 2 N–H and O–H groups in total. The first-order valence-electron chi connectivity index (χ1n) is 5.31. The molecular weight excluding hydrogens is 194 g/mol. The van der Waals surface area contributed by atoms with E-state index in [4.69, 9.17) is 4.74 Å². The molecule has 2 atom stereocenters. The highest BCUT2D eigenvalue weighted by atomic mass is 16.6. The quantitative estimate of drug-likeness (QED) is 0.759. The van der Waals surface area contributed by atoms with Crippen LogP contribution in [0.4, 0.5) is 4.79 Å². The Hall–Kier alpha value is -0.770. The third-order valence-electron chi connectivity index (χ3n) is 1.92. The SMILES string of the molecule is CC(C)[C@@H](NC(=O)OC(C)(C)C)C(C)O. The smallest absolute Gasteiger partial charge is 0.407 e. The van der Waals surface area contributed by atoms with Gasteiger partial charge in [0, 0.05) is 0 Å². The summed E-state index contributed by atoms with van der Waals surface area (Å²) in [5.41, 5.74) is -0.510.